The van der Waals surface area contributed by atoms with Gasteiger partial charge in [-0.2, -0.15) is 0 Å². The van der Waals surface area contributed by atoms with Crippen LogP contribution in [0.1, 0.15) is 63.5 Å². The molecule has 0 aromatic heterocycles. The first-order valence-electron chi connectivity index (χ1n) is 16.4. The molecule has 3 aliphatic heterocycles. The number of fused-ring (bicyclic) bond motifs is 1. The lowest BCUT2D eigenvalue weighted by atomic mass is 9.92. The highest BCUT2D eigenvalue weighted by molar-refractivity contribution is 6.30. The second kappa shape index (κ2) is 15.8. The summed E-state index contributed by atoms with van der Waals surface area (Å²) in [6, 6.07) is 14.7. The van der Waals surface area contributed by atoms with Gasteiger partial charge >= 0.3 is 0 Å². The summed E-state index contributed by atoms with van der Waals surface area (Å²) in [7, 11) is 1.74. The van der Waals surface area contributed by atoms with Crippen molar-refractivity contribution in [3.8, 4) is 5.75 Å². The number of nitrogens with one attached hydrogen (secondary N) is 2. The molecule has 2 N–H and O–H groups in total. The van der Waals surface area contributed by atoms with E-state index in [2.05, 4.69) is 46.7 Å². The Morgan fingerprint density at radius 1 is 1.18 bits per heavy atom. The van der Waals surface area contributed by atoms with Crippen molar-refractivity contribution in [2.24, 2.45) is 11.8 Å². The number of benzene rings is 2. The molecule has 8 nitrogen and oxygen atoms in total. The standard InChI is InChI=1S/C35H50ClN3O5/c1-25(34(40)38-21-26-12-16-42-17-13-26)18-30-9-10-31(22-37-30)43-23-27-8-11-33-32(19-27)39(14-5-15-41-3)24-35(2,44-33)28-6-4-7-29(36)20-28/h4,6-8,11,19-20,25-26,30-31,37H,5,9-10,12-18,21-24H2,1-3H3,(H,38,40)/t25?,30-,31+,35?/m0/s1. The molecule has 0 radical (unpaired) electrons. The number of amides is 1. The van der Waals surface area contributed by atoms with Crippen LogP contribution in [0.2, 0.25) is 5.02 Å². The van der Waals surface area contributed by atoms with Crippen LogP contribution in [-0.2, 0) is 31.2 Å². The van der Waals surface area contributed by atoms with Gasteiger partial charge in [0, 0.05) is 63.5 Å². The molecule has 2 aromatic carbocycles. The van der Waals surface area contributed by atoms with Crippen LogP contribution < -0.4 is 20.3 Å². The highest BCUT2D eigenvalue weighted by atomic mass is 35.5. The van der Waals surface area contributed by atoms with Gasteiger partial charge in [-0.05, 0) is 86.8 Å². The molecule has 0 aliphatic carbocycles. The van der Waals surface area contributed by atoms with Crippen LogP contribution >= 0.6 is 11.6 Å². The molecule has 1 amide bonds. The Labute approximate surface area is 268 Å². The zero-order valence-corrected chi connectivity index (χ0v) is 27.4. The van der Waals surface area contributed by atoms with Gasteiger partial charge in [-0.1, -0.05) is 36.7 Å². The molecule has 2 aromatic rings. The minimum absolute atomic E-state index is 0.00454. The summed E-state index contributed by atoms with van der Waals surface area (Å²) in [6.07, 6.45) is 6.00. The van der Waals surface area contributed by atoms with Crippen molar-refractivity contribution in [2.75, 3.05) is 58.0 Å². The number of rotatable bonds is 13. The van der Waals surface area contributed by atoms with Gasteiger partial charge in [0.25, 0.3) is 0 Å². The van der Waals surface area contributed by atoms with Crippen molar-refractivity contribution < 1.29 is 23.7 Å². The fraction of sp³-hybridized carbons (Fsp3) is 0.629. The smallest absolute Gasteiger partial charge is 0.222 e. The molecular weight excluding hydrogens is 578 g/mol. The summed E-state index contributed by atoms with van der Waals surface area (Å²) in [5.41, 5.74) is 2.77. The van der Waals surface area contributed by atoms with Gasteiger partial charge in [0.2, 0.25) is 5.91 Å². The molecule has 0 bridgehead atoms. The van der Waals surface area contributed by atoms with Gasteiger partial charge in [0.05, 0.1) is 24.9 Å². The van der Waals surface area contributed by atoms with Crippen molar-refractivity contribution >= 4 is 23.2 Å². The number of halogens is 1. The molecule has 242 valence electrons. The van der Waals surface area contributed by atoms with Crippen molar-refractivity contribution in [3.05, 3.63) is 58.6 Å². The van der Waals surface area contributed by atoms with Gasteiger partial charge in [-0.25, -0.2) is 0 Å². The number of piperidine rings is 1. The largest absolute Gasteiger partial charge is 0.479 e. The van der Waals surface area contributed by atoms with Crippen molar-refractivity contribution in [1.82, 2.24) is 10.6 Å². The van der Waals surface area contributed by atoms with Crippen LogP contribution in [0.5, 0.6) is 5.75 Å². The van der Waals surface area contributed by atoms with E-state index in [1.807, 2.05) is 25.1 Å². The molecule has 5 rings (SSSR count). The second-order valence-corrected chi connectivity index (χ2v) is 13.4. The van der Waals surface area contributed by atoms with E-state index >= 15 is 0 Å². The molecule has 0 saturated carbocycles. The zero-order chi connectivity index (χ0) is 30.9. The Morgan fingerprint density at radius 3 is 2.77 bits per heavy atom. The molecule has 9 heteroatoms. The number of anilines is 1. The van der Waals surface area contributed by atoms with E-state index in [9.17, 15) is 4.79 Å². The van der Waals surface area contributed by atoms with Crippen molar-refractivity contribution in [1.29, 1.82) is 0 Å². The Hall–Kier alpha value is -2.36. The number of hydrogen-bond acceptors (Lipinski definition) is 7. The molecule has 2 fully saturated rings. The molecule has 0 spiro atoms. The first-order chi connectivity index (χ1) is 21.3. The van der Waals surface area contributed by atoms with E-state index in [0.717, 1.165) is 93.9 Å². The average Bonchev–Trinajstić information content (AvgIpc) is 3.04. The molecule has 44 heavy (non-hydrogen) atoms. The quantitative estimate of drug-likeness (QED) is 0.276. The lowest BCUT2D eigenvalue weighted by molar-refractivity contribution is -0.125. The third kappa shape index (κ3) is 8.88. The highest BCUT2D eigenvalue weighted by Gasteiger charge is 2.37. The van der Waals surface area contributed by atoms with Gasteiger partial charge in [0.15, 0.2) is 0 Å². The number of methoxy groups -OCH3 is 1. The topological polar surface area (TPSA) is 81.3 Å². The van der Waals surface area contributed by atoms with Crippen LogP contribution in [-0.4, -0.2) is 71.2 Å². The molecular formula is C35H50ClN3O5. The lowest BCUT2D eigenvalue weighted by Gasteiger charge is -2.43. The average molecular weight is 628 g/mol. The van der Waals surface area contributed by atoms with Crippen LogP contribution in [0, 0.1) is 11.8 Å². The maximum absolute atomic E-state index is 12.7. The van der Waals surface area contributed by atoms with Gasteiger partial charge < -0.3 is 34.5 Å². The molecule has 3 heterocycles. The number of carbonyl (C=O) groups is 1. The predicted octanol–water partition coefficient (Wildman–Crippen LogP) is 5.70. The maximum atomic E-state index is 12.7. The maximum Gasteiger partial charge on any atom is 0.222 e. The monoisotopic (exact) mass is 627 g/mol. The van der Waals surface area contributed by atoms with E-state index in [4.69, 9.17) is 30.5 Å². The molecule has 4 atom stereocenters. The zero-order valence-electron chi connectivity index (χ0n) is 26.6. The van der Waals surface area contributed by atoms with Gasteiger partial charge in [-0.15, -0.1) is 0 Å². The second-order valence-electron chi connectivity index (χ2n) is 13.0. The summed E-state index contributed by atoms with van der Waals surface area (Å²) in [6.45, 7) is 10.2. The Balaban J connectivity index is 1.11. The normalized spacial score (nSPS) is 24.8. The summed E-state index contributed by atoms with van der Waals surface area (Å²) in [4.78, 5) is 15.1. The Kier molecular flexibility index (Phi) is 11.8. The Bertz CT molecular complexity index is 1220. The summed E-state index contributed by atoms with van der Waals surface area (Å²) in [5, 5.41) is 7.52. The van der Waals surface area contributed by atoms with Crippen LogP contribution in [0.4, 0.5) is 5.69 Å². The molecule has 3 aliphatic rings. The van der Waals surface area contributed by atoms with Crippen molar-refractivity contribution in [3.63, 3.8) is 0 Å². The minimum atomic E-state index is -0.518. The van der Waals surface area contributed by atoms with Crippen molar-refractivity contribution in [2.45, 2.75) is 76.7 Å². The van der Waals surface area contributed by atoms with Crippen LogP contribution in [0.25, 0.3) is 0 Å². The SMILES string of the molecule is COCCCN1CC(C)(c2cccc(Cl)c2)Oc2ccc(CO[C@@H]3CC[C@@H](CC(C)C(=O)NCC4CCOCC4)NC3)cc21. The van der Waals surface area contributed by atoms with Crippen LogP contribution in [0.3, 0.4) is 0 Å². The fourth-order valence-corrected chi connectivity index (χ4v) is 6.82. The predicted molar refractivity (Wildman–Crippen MR) is 175 cm³/mol. The van der Waals surface area contributed by atoms with E-state index in [1.54, 1.807) is 7.11 Å². The Morgan fingerprint density at radius 2 is 2.02 bits per heavy atom. The molecule has 2 saturated heterocycles. The van der Waals surface area contributed by atoms with Crippen LogP contribution in [0.15, 0.2) is 42.5 Å². The fourth-order valence-electron chi connectivity index (χ4n) is 6.63. The number of hydrogen-bond donors (Lipinski definition) is 2. The first kappa shape index (κ1) is 33.0. The summed E-state index contributed by atoms with van der Waals surface area (Å²) in [5.74, 6) is 1.57. The lowest BCUT2D eigenvalue weighted by Crippen LogP contribution is -2.47. The third-order valence-corrected chi connectivity index (χ3v) is 9.59. The first-order valence-corrected chi connectivity index (χ1v) is 16.7. The number of carbonyl (C=O) groups excluding carboxylic acids is 1. The van der Waals surface area contributed by atoms with Gasteiger partial charge in [0.1, 0.15) is 11.4 Å². The highest BCUT2D eigenvalue weighted by Crippen LogP contribution is 2.42. The number of ether oxygens (including phenoxy) is 4. The van der Waals surface area contributed by atoms with E-state index in [0.29, 0.717) is 36.7 Å². The van der Waals surface area contributed by atoms with E-state index in [-0.39, 0.29) is 17.9 Å². The third-order valence-electron chi connectivity index (χ3n) is 9.35. The molecule has 2 unspecified atom stereocenters. The van der Waals surface area contributed by atoms with E-state index < -0.39 is 5.60 Å². The van der Waals surface area contributed by atoms with E-state index in [1.165, 1.54) is 0 Å². The summed E-state index contributed by atoms with van der Waals surface area (Å²) < 4.78 is 23.8. The van der Waals surface area contributed by atoms with Gasteiger partial charge in [-0.3, -0.25) is 4.79 Å². The summed E-state index contributed by atoms with van der Waals surface area (Å²) >= 11 is 6.34. The number of nitrogens with zero attached hydrogens (tertiary/aromatic N) is 1. The minimum Gasteiger partial charge on any atom is -0.479 e.